The van der Waals surface area contributed by atoms with Gasteiger partial charge >= 0.3 is 5.97 Å². The Balaban J connectivity index is 1.54. The number of rotatable bonds is 9. The van der Waals surface area contributed by atoms with Crippen molar-refractivity contribution in [3.63, 3.8) is 0 Å². The van der Waals surface area contributed by atoms with Gasteiger partial charge in [-0.2, -0.15) is 4.89 Å². The van der Waals surface area contributed by atoms with Crippen LogP contribution in [0.3, 0.4) is 0 Å². The number of imidazole rings is 1. The number of hydrogen-bond donors (Lipinski definition) is 0. The molecule has 7 heteroatoms. The first-order valence-corrected chi connectivity index (χ1v) is 11.9. The summed E-state index contributed by atoms with van der Waals surface area (Å²) in [5, 5.41) is 4.57. The maximum atomic E-state index is 11.6. The Kier molecular flexibility index (Phi) is 6.72. The number of aryl methyl sites for hydroxylation is 1. The number of thioether (sulfide) groups is 1. The van der Waals surface area contributed by atoms with E-state index in [1.165, 1.54) is 21.2 Å². The van der Waals surface area contributed by atoms with Gasteiger partial charge in [-0.1, -0.05) is 36.0 Å². The van der Waals surface area contributed by atoms with E-state index < -0.39 is 0 Å². The van der Waals surface area contributed by atoms with Gasteiger partial charge in [0.2, 0.25) is 0 Å². The largest absolute Gasteiger partial charge is 0.342 e. The second-order valence-corrected chi connectivity index (χ2v) is 8.97. The number of thiophene rings is 1. The van der Waals surface area contributed by atoms with Crippen molar-refractivity contribution in [2.75, 3.05) is 12.4 Å². The summed E-state index contributed by atoms with van der Waals surface area (Å²) < 4.78 is 3.60. The summed E-state index contributed by atoms with van der Waals surface area (Å²) >= 11 is 3.47. The topological polar surface area (TPSA) is 53.4 Å². The third kappa shape index (κ3) is 4.53. The molecule has 30 heavy (non-hydrogen) atoms. The van der Waals surface area contributed by atoms with Crippen LogP contribution in [-0.2, 0) is 21.1 Å². The molecule has 0 atom stereocenters. The van der Waals surface area contributed by atoms with E-state index in [1.54, 1.807) is 30.0 Å². The first-order valence-electron chi connectivity index (χ1n) is 10.0. The molecule has 0 radical (unpaired) electrons. The maximum absolute atomic E-state index is 11.6. The average molecular weight is 441 g/mol. The summed E-state index contributed by atoms with van der Waals surface area (Å²) in [5.74, 6) is 0.458. The first kappa shape index (κ1) is 20.9. The molecule has 156 valence electrons. The Morgan fingerprint density at radius 2 is 2.07 bits per heavy atom. The first-order chi connectivity index (χ1) is 14.7. The fraction of sp³-hybridized carbons (Fsp3) is 0.304. The zero-order valence-electron chi connectivity index (χ0n) is 17.1. The van der Waals surface area contributed by atoms with Crippen LogP contribution in [0.25, 0.3) is 21.1 Å². The third-order valence-corrected chi connectivity index (χ3v) is 6.92. The van der Waals surface area contributed by atoms with Gasteiger partial charge in [-0.3, -0.25) is 4.89 Å². The lowest BCUT2D eigenvalue weighted by Gasteiger charge is -2.09. The molecule has 4 aromatic rings. The van der Waals surface area contributed by atoms with Gasteiger partial charge in [-0.25, -0.2) is 9.78 Å². The Morgan fingerprint density at radius 1 is 1.20 bits per heavy atom. The number of fused-ring (bicyclic) bond motifs is 2. The molecule has 0 amide bonds. The van der Waals surface area contributed by atoms with E-state index in [0.717, 1.165) is 28.5 Å². The number of para-hydroxylation sites is 2. The fourth-order valence-corrected chi connectivity index (χ4v) is 5.47. The highest BCUT2D eigenvalue weighted by molar-refractivity contribution is 7.99. The van der Waals surface area contributed by atoms with Gasteiger partial charge in [0.1, 0.15) is 0 Å². The SMILES string of the molecule is CCOOC(=O)CCCSc1nc2ccccc2n1Cc1csc2cccc(C)c12. The lowest BCUT2D eigenvalue weighted by atomic mass is 10.1. The van der Waals surface area contributed by atoms with Crippen LogP contribution in [0.15, 0.2) is 53.0 Å². The highest BCUT2D eigenvalue weighted by atomic mass is 32.2. The summed E-state index contributed by atoms with van der Waals surface area (Å²) in [4.78, 5) is 25.8. The normalized spacial score (nSPS) is 11.4. The molecular formula is C23H24N2O3S2. The molecule has 0 aliphatic heterocycles. The second-order valence-electron chi connectivity index (χ2n) is 6.99. The summed E-state index contributed by atoms with van der Waals surface area (Å²) in [6.45, 7) is 5.09. The second kappa shape index (κ2) is 9.64. The predicted molar refractivity (Wildman–Crippen MR) is 123 cm³/mol. The number of hydrogen-bond acceptors (Lipinski definition) is 6. The Morgan fingerprint density at radius 3 is 2.93 bits per heavy atom. The van der Waals surface area contributed by atoms with Crippen molar-refractivity contribution in [3.05, 3.63) is 59.0 Å². The van der Waals surface area contributed by atoms with Crippen LogP contribution in [0.1, 0.15) is 30.9 Å². The zero-order chi connectivity index (χ0) is 20.9. The van der Waals surface area contributed by atoms with Gasteiger partial charge in [-0.15, -0.1) is 11.3 Å². The van der Waals surface area contributed by atoms with Crippen molar-refractivity contribution in [1.82, 2.24) is 9.55 Å². The Bertz CT molecular complexity index is 1170. The predicted octanol–water partition coefficient (Wildman–Crippen LogP) is 5.97. The molecule has 0 fully saturated rings. The lowest BCUT2D eigenvalue weighted by Crippen LogP contribution is -2.06. The van der Waals surface area contributed by atoms with E-state index in [2.05, 4.69) is 52.1 Å². The van der Waals surface area contributed by atoms with Gasteiger partial charge in [0.25, 0.3) is 0 Å². The number of nitrogens with zero attached hydrogens (tertiary/aromatic N) is 2. The minimum Gasteiger partial charge on any atom is -0.314 e. The van der Waals surface area contributed by atoms with E-state index in [-0.39, 0.29) is 5.97 Å². The maximum Gasteiger partial charge on any atom is 0.342 e. The number of aromatic nitrogens is 2. The number of benzene rings is 2. The van der Waals surface area contributed by atoms with Crippen LogP contribution in [0, 0.1) is 6.92 Å². The van der Waals surface area contributed by atoms with Crippen molar-refractivity contribution in [2.45, 2.75) is 38.4 Å². The van der Waals surface area contributed by atoms with Crippen LogP contribution >= 0.6 is 23.1 Å². The molecule has 2 aromatic carbocycles. The van der Waals surface area contributed by atoms with Crippen molar-refractivity contribution >= 4 is 50.2 Å². The fourth-order valence-electron chi connectivity index (χ4n) is 3.49. The smallest absolute Gasteiger partial charge is 0.314 e. The van der Waals surface area contributed by atoms with Crippen LogP contribution in [0.4, 0.5) is 0 Å². The molecule has 0 spiro atoms. The number of carbonyl (C=O) groups is 1. The highest BCUT2D eigenvalue weighted by Crippen LogP contribution is 2.32. The molecule has 4 rings (SSSR count). The molecule has 0 saturated carbocycles. The van der Waals surface area contributed by atoms with Crippen molar-refractivity contribution in [3.8, 4) is 0 Å². The van der Waals surface area contributed by atoms with E-state index >= 15 is 0 Å². The summed E-state index contributed by atoms with van der Waals surface area (Å²) in [6.07, 6.45) is 1.04. The van der Waals surface area contributed by atoms with Gasteiger partial charge in [0.15, 0.2) is 5.16 Å². The molecular weight excluding hydrogens is 416 g/mol. The monoisotopic (exact) mass is 440 g/mol. The molecule has 0 unspecified atom stereocenters. The summed E-state index contributed by atoms with van der Waals surface area (Å²) in [6, 6.07) is 14.7. The van der Waals surface area contributed by atoms with Gasteiger partial charge in [-0.05, 0) is 55.0 Å². The number of carbonyl (C=O) groups excluding carboxylic acids is 1. The van der Waals surface area contributed by atoms with E-state index in [0.29, 0.717) is 19.4 Å². The summed E-state index contributed by atoms with van der Waals surface area (Å²) in [5.41, 5.74) is 4.74. The molecule has 0 bridgehead atoms. The van der Waals surface area contributed by atoms with Crippen LogP contribution in [0.5, 0.6) is 0 Å². The standard InChI is InChI=1S/C23H24N2O3S2/c1-3-27-28-21(26)12-7-13-29-23-24-18-9-4-5-10-19(18)25(23)14-17-15-30-20-11-6-8-16(2)22(17)20/h4-6,8-11,15H,3,7,12-14H2,1-2H3. The van der Waals surface area contributed by atoms with Crippen LogP contribution < -0.4 is 0 Å². The van der Waals surface area contributed by atoms with Crippen LogP contribution in [0.2, 0.25) is 0 Å². The van der Waals surface area contributed by atoms with Crippen molar-refractivity contribution in [2.24, 2.45) is 0 Å². The zero-order valence-corrected chi connectivity index (χ0v) is 18.7. The molecule has 0 N–H and O–H groups in total. The Labute approximate surface area is 183 Å². The quantitative estimate of drug-likeness (QED) is 0.139. The summed E-state index contributed by atoms with van der Waals surface area (Å²) in [7, 11) is 0. The van der Waals surface area contributed by atoms with Crippen LogP contribution in [-0.4, -0.2) is 27.9 Å². The molecule has 5 nitrogen and oxygen atoms in total. The van der Waals surface area contributed by atoms with Gasteiger partial charge < -0.3 is 4.57 Å². The van der Waals surface area contributed by atoms with Crippen molar-refractivity contribution < 1.29 is 14.6 Å². The molecule has 2 aromatic heterocycles. The van der Waals surface area contributed by atoms with Crippen molar-refractivity contribution in [1.29, 1.82) is 0 Å². The Hall–Kier alpha value is -2.35. The molecule has 0 saturated heterocycles. The lowest BCUT2D eigenvalue weighted by molar-refractivity contribution is -0.269. The molecule has 0 aliphatic rings. The van der Waals surface area contributed by atoms with Gasteiger partial charge in [0, 0.05) is 22.3 Å². The third-order valence-electron chi connectivity index (χ3n) is 4.86. The molecule has 0 aliphatic carbocycles. The van der Waals surface area contributed by atoms with Gasteiger partial charge in [0.05, 0.1) is 24.2 Å². The van der Waals surface area contributed by atoms with E-state index in [1.807, 2.05) is 12.1 Å². The van der Waals surface area contributed by atoms with E-state index in [9.17, 15) is 4.79 Å². The highest BCUT2D eigenvalue weighted by Gasteiger charge is 2.15. The molecule has 2 heterocycles. The minimum absolute atomic E-state index is 0.328. The average Bonchev–Trinajstić information content (AvgIpc) is 3.32. The van der Waals surface area contributed by atoms with E-state index in [4.69, 9.17) is 9.87 Å². The minimum atomic E-state index is -0.328.